The smallest absolute Gasteiger partial charge is 0.134 e. The summed E-state index contributed by atoms with van der Waals surface area (Å²) < 4.78 is 0. The molecule has 2 aromatic heterocycles. The number of nitrogens with one attached hydrogen (secondary N) is 1. The molecular formula is C15H20N4S. The first-order chi connectivity index (χ1) is 9.69. The number of nitrogens with zero attached hydrogens (tertiary/aromatic N) is 3. The summed E-state index contributed by atoms with van der Waals surface area (Å²) in [7, 11) is 0. The number of fused-ring (bicyclic) bond motifs is 1. The molecule has 20 heavy (non-hydrogen) atoms. The van der Waals surface area contributed by atoms with Crippen LogP contribution in [0.25, 0.3) is 0 Å². The van der Waals surface area contributed by atoms with Gasteiger partial charge in [-0.1, -0.05) is 0 Å². The summed E-state index contributed by atoms with van der Waals surface area (Å²) in [6.07, 6.45) is 1.11. The van der Waals surface area contributed by atoms with Gasteiger partial charge in [-0.2, -0.15) is 0 Å². The van der Waals surface area contributed by atoms with Crippen LogP contribution < -0.4 is 10.2 Å². The van der Waals surface area contributed by atoms with Crippen LogP contribution in [0.5, 0.6) is 0 Å². The van der Waals surface area contributed by atoms with Gasteiger partial charge >= 0.3 is 0 Å². The topological polar surface area (TPSA) is 41.0 Å². The molecule has 4 nitrogen and oxygen atoms in total. The van der Waals surface area contributed by atoms with Crippen LogP contribution in [0.15, 0.2) is 17.5 Å². The minimum Gasteiger partial charge on any atom is -0.370 e. The summed E-state index contributed by atoms with van der Waals surface area (Å²) >= 11 is 1.87. The molecular weight excluding hydrogens is 268 g/mol. The maximum Gasteiger partial charge on any atom is 0.134 e. The zero-order chi connectivity index (χ0) is 14.1. The van der Waals surface area contributed by atoms with Gasteiger partial charge in [0.1, 0.15) is 17.5 Å². The Morgan fingerprint density at radius 1 is 1.45 bits per heavy atom. The first-order valence-electron chi connectivity index (χ1n) is 7.11. The van der Waals surface area contributed by atoms with Crippen molar-refractivity contribution in [3.63, 3.8) is 0 Å². The summed E-state index contributed by atoms with van der Waals surface area (Å²) in [5.41, 5.74) is 1.45. The van der Waals surface area contributed by atoms with Gasteiger partial charge in [-0.3, -0.25) is 0 Å². The van der Waals surface area contributed by atoms with E-state index in [2.05, 4.69) is 51.5 Å². The Morgan fingerprint density at radius 2 is 2.30 bits per heavy atom. The van der Waals surface area contributed by atoms with Gasteiger partial charge in [-0.15, -0.1) is 11.3 Å². The second-order valence-electron chi connectivity index (χ2n) is 5.11. The van der Waals surface area contributed by atoms with Gasteiger partial charge < -0.3 is 10.2 Å². The Labute approximate surface area is 123 Å². The van der Waals surface area contributed by atoms with Crippen molar-refractivity contribution in [1.29, 1.82) is 0 Å². The second-order valence-corrected chi connectivity index (χ2v) is 6.11. The molecule has 0 radical (unpaired) electrons. The minimum absolute atomic E-state index is 0.383. The molecule has 0 aromatic carbocycles. The highest BCUT2D eigenvalue weighted by Gasteiger charge is 2.26. The van der Waals surface area contributed by atoms with E-state index in [1.54, 1.807) is 0 Å². The molecule has 1 aliphatic rings. The number of thiophene rings is 1. The molecule has 106 valence electrons. The number of aromatic nitrogens is 2. The Morgan fingerprint density at radius 3 is 3.10 bits per heavy atom. The lowest BCUT2D eigenvalue weighted by molar-refractivity contribution is 0.623. The Balaban J connectivity index is 1.93. The first kappa shape index (κ1) is 13.4. The van der Waals surface area contributed by atoms with Crippen molar-refractivity contribution in [3.05, 3.63) is 33.8 Å². The van der Waals surface area contributed by atoms with Crippen LogP contribution in [0.1, 0.15) is 36.2 Å². The van der Waals surface area contributed by atoms with E-state index in [1.807, 2.05) is 18.3 Å². The molecule has 0 spiro atoms. The molecule has 1 unspecified atom stereocenters. The molecule has 1 N–H and O–H groups in total. The van der Waals surface area contributed by atoms with E-state index in [1.165, 1.54) is 10.4 Å². The highest BCUT2D eigenvalue weighted by atomic mass is 32.1. The average molecular weight is 288 g/mol. The Kier molecular flexibility index (Phi) is 3.61. The fourth-order valence-electron chi connectivity index (χ4n) is 2.79. The fourth-order valence-corrected chi connectivity index (χ4v) is 3.76. The first-order valence-corrected chi connectivity index (χ1v) is 7.99. The zero-order valence-electron chi connectivity index (χ0n) is 12.2. The summed E-state index contributed by atoms with van der Waals surface area (Å²) in [5, 5.41) is 5.48. The molecule has 3 heterocycles. The molecule has 0 saturated carbocycles. The summed E-state index contributed by atoms with van der Waals surface area (Å²) in [5.74, 6) is 2.76. The maximum absolute atomic E-state index is 4.63. The van der Waals surface area contributed by atoms with Gasteiger partial charge in [0.05, 0.1) is 6.04 Å². The minimum atomic E-state index is 0.383. The average Bonchev–Trinajstić information content (AvgIpc) is 2.88. The predicted molar refractivity (Wildman–Crippen MR) is 84.7 cm³/mol. The van der Waals surface area contributed by atoms with Crippen LogP contribution in [-0.4, -0.2) is 23.1 Å². The molecule has 2 aromatic rings. The molecule has 3 rings (SSSR count). The highest BCUT2D eigenvalue weighted by Crippen LogP contribution is 2.35. The third-order valence-electron chi connectivity index (χ3n) is 3.75. The van der Waals surface area contributed by atoms with E-state index in [-0.39, 0.29) is 0 Å². The Hall–Kier alpha value is -1.62. The second kappa shape index (κ2) is 5.40. The van der Waals surface area contributed by atoms with Crippen LogP contribution >= 0.6 is 11.3 Å². The molecule has 1 aliphatic heterocycles. The molecule has 0 bridgehead atoms. The quantitative estimate of drug-likeness (QED) is 0.940. The van der Waals surface area contributed by atoms with Gasteiger partial charge in [0.25, 0.3) is 0 Å². The van der Waals surface area contributed by atoms with Crippen LogP contribution in [0.3, 0.4) is 0 Å². The predicted octanol–water partition coefficient (Wildman–Crippen LogP) is 3.40. The number of hydrogen-bond donors (Lipinski definition) is 1. The van der Waals surface area contributed by atoms with Crippen molar-refractivity contribution in [2.24, 2.45) is 0 Å². The van der Waals surface area contributed by atoms with Gasteiger partial charge in [0.2, 0.25) is 0 Å². The van der Waals surface area contributed by atoms with E-state index in [0.29, 0.717) is 6.04 Å². The Bertz CT molecular complexity index is 608. The van der Waals surface area contributed by atoms with Crippen LogP contribution in [-0.2, 0) is 6.42 Å². The van der Waals surface area contributed by atoms with Crippen molar-refractivity contribution < 1.29 is 0 Å². The van der Waals surface area contributed by atoms with Crippen molar-refractivity contribution in [2.75, 3.05) is 23.3 Å². The van der Waals surface area contributed by atoms with Crippen LogP contribution in [0, 0.1) is 6.92 Å². The third-order valence-corrected chi connectivity index (χ3v) is 4.75. The van der Waals surface area contributed by atoms with Gasteiger partial charge in [0.15, 0.2) is 0 Å². The van der Waals surface area contributed by atoms with Crippen molar-refractivity contribution in [2.45, 2.75) is 33.2 Å². The van der Waals surface area contributed by atoms with E-state index in [9.17, 15) is 0 Å². The van der Waals surface area contributed by atoms with Crippen LogP contribution in [0.2, 0.25) is 0 Å². The molecule has 0 aliphatic carbocycles. The lowest BCUT2D eigenvalue weighted by Crippen LogP contribution is -2.34. The zero-order valence-corrected chi connectivity index (χ0v) is 13.0. The molecule has 0 fully saturated rings. The summed E-state index contributed by atoms with van der Waals surface area (Å²) in [4.78, 5) is 13.0. The summed E-state index contributed by atoms with van der Waals surface area (Å²) in [6, 6.07) is 4.69. The lowest BCUT2D eigenvalue weighted by atomic mass is 10.0. The molecule has 0 amide bonds. The lowest BCUT2D eigenvalue weighted by Gasteiger charge is -2.34. The highest BCUT2D eigenvalue weighted by molar-refractivity contribution is 7.10. The van der Waals surface area contributed by atoms with Gasteiger partial charge in [-0.05, 0) is 44.2 Å². The fraction of sp³-hybridized carbons (Fsp3) is 0.467. The van der Waals surface area contributed by atoms with Gasteiger partial charge in [-0.25, -0.2) is 9.97 Å². The number of rotatable bonds is 3. The van der Waals surface area contributed by atoms with E-state index in [4.69, 9.17) is 0 Å². The van der Waals surface area contributed by atoms with Crippen LogP contribution in [0.4, 0.5) is 11.6 Å². The summed E-state index contributed by atoms with van der Waals surface area (Å²) in [6.45, 7) is 8.19. The molecule has 1 atom stereocenters. The SMILES string of the molecule is CCNc1cc(N2CCc3sccc3C2C)nc(C)n1. The third kappa shape index (κ3) is 2.38. The monoisotopic (exact) mass is 288 g/mol. The van der Waals surface area contributed by atoms with Crippen molar-refractivity contribution in [1.82, 2.24) is 9.97 Å². The number of anilines is 2. The molecule has 5 heteroatoms. The van der Waals surface area contributed by atoms with Gasteiger partial charge in [0, 0.05) is 24.0 Å². The number of hydrogen-bond acceptors (Lipinski definition) is 5. The van der Waals surface area contributed by atoms with Crippen molar-refractivity contribution in [3.8, 4) is 0 Å². The van der Waals surface area contributed by atoms with E-state index >= 15 is 0 Å². The van der Waals surface area contributed by atoms with E-state index in [0.717, 1.165) is 37.0 Å². The largest absolute Gasteiger partial charge is 0.370 e. The number of aryl methyl sites for hydroxylation is 1. The normalized spacial score (nSPS) is 17.9. The van der Waals surface area contributed by atoms with Crippen molar-refractivity contribution >= 4 is 23.0 Å². The van der Waals surface area contributed by atoms with E-state index < -0.39 is 0 Å². The standard InChI is InChI=1S/C15H20N4S/c1-4-16-14-9-15(18-11(3)17-14)19-7-5-13-12(10(19)2)6-8-20-13/h6,8-10H,4-5,7H2,1-3H3,(H,16,17,18). The maximum atomic E-state index is 4.63. The molecule has 0 saturated heterocycles.